The molecule has 0 atom stereocenters. The molecule has 0 aliphatic heterocycles. The van der Waals surface area contributed by atoms with Crippen LogP contribution in [0.3, 0.4) is 0 Å². The maximum Gasteiger partial charge on any atom is 0.183 e. The lowest BCUT2D eigenvalue weighted by atomic mass is 10.0. The molecule has 0 heterocycles. The SMILES string of the molecule is CCCCCCCCCCCC(C)(C)S(=O)(=O)c1ccc(C#N)c(C#N)c1. The van der Waals surface area contributed by atoms with Gasteiger partial charge < -0.3 is 0 Å². The van der Waals surface area contributed by atoms with Gasteiger partial charge in [-0.2, -0.15) is 10.5 Å². The minimum absolute atomic E-state index is 0.109. The van der Waals surface area contributed by atoms with Gasteiger partial charge in [-0.15, -0.1) is 0 Å². The largest absolute Gasteiger partial charge is 0.223 e. The van der Waals surface area contributed by atoms with Gasteiger partial charge in [-0.05, 0) is 38.5 Å². The van der Waals surface area contributed by atoms with E-state index in [1.165, 1.54) is 56.7 Å². The van der Waals surface area contributed by atoms with Crippen LogP contribution in [0.1, 0.15) is 96.1 Å². The Morgan fingerprint density at radius 2 is 1.37 bits per heavy atom. The highest BCUT2D eigenvalue weighted by Crippen LogP contribution is 2.31. The molecule has 0 unspecified atom stereocenters. The fourth-order valence-electron chi connectivity index (χ4n) is 3.20. The summed E-state index contributed by atoms with van der Waals surface area (Å²) in [6.45, 7) is 5.71. The van der Waals surface area contributed by atoms with Gasteiger partial charge in [0.1, 0.15) is 12.1 Å². The Labute approximate surface area is 165 Å². The summed E-state index contributed by atoms with van der Waals surface area (Å²) < 4.78 is 25.1. The van der Waals surface area contributed by atoms with Crippen molar-refractivity contribution < 1.29 is 8.42 Å². The van der Waals surface area contributed by atoms with Gasteiger partial charge in [-0.1, -0.05) is 64.7 Å². The predicted octanol–water partition coefficient (Wildman–Crippen LogP) is 5.90. The van der Waals surface area contributed by atoms with Crippen LogP contribution in [-0.2, 0) is 9.84 Å². The summed E-state index contributed by atoms with van der Waals surface area (Å²) in [5.74, 6) is 0. The second-order valence-corrected chi connectivity index (χ2v) is 10.4. The molecule has 5 heteroatoms. The standard InChI is InChI=1S/C22H32N2O2S/c1-4-5-6-7-8-9-10-11-12-15-22(2,3)27(25,26)21-14-13-19(17-23)20(16-21)18-24/h13-14,16H,4-12,15H2,1-3H3. The molecule has 1 aromatic carbocycles. The lowest BCUT2D eigenvalue weighted by Gasteiger charge is -2.25. The number of rotatable bonds is 12. The van der Waals surface area contributed by atoms with E-state index in [0.29, 0.717) is 6.42 Å². The van der Waals surface area contributed by atoms with E-state index in [0.717, 1.165) is 19.3 Å². The summed E-state index contributed by atoms with van der Waals surface area (Å²) in [4.78, 5) is 0.124. The summed E-state index contributed by atoms with van der Waals surface area (Å²) in [7, 11) is -3.56. The summed E-state index contributed by atoms with van der Waals surface area (Å²) in [5.41, 5.74) is 0.311. The first-order valence-electron chi connectivity index (χ1n) is 9.99. The lowest BCUT2D eigenvalue weighted by Crippen LogP contribution is -2.32. The van der Waals surface area contributed by atoms with Crippen LogP contribution < -0.4 is 0 Å². The van der Waals surface area contributed by atoms with Gasteiger partial charge in [-0.3, -0.25) is 0 Å². The first kappa shape index (κ1) is 23.2. The molecule has 148 valence electrons. The molecule has 0 saturated carbocycles. The zero-order valence-corrected chi connectivity index (χ0v) is 17.7. The van der Waals surface area contributed by atoms with Gasteiger partial charge in [-0.25, -0.2) is 8.42 Å². The van der Waals surface area contributed by atoms with Crippen molar-refractivity contribution >= 4 is 9.84 Å². The van der Waals surface area contributed by atoms with E-state index in [9.17, 15) is 8.42 Å². The van der Waals surface area contributed by atoms with Crippen LogP contribution >= 0.6 is 0 Å². The smallest absolute Gasteiger partial charge is 0.183 e. The topological polar surface area (TPSA) is 81.7 Å². The van der Waals surface area contributed by atoms with Crippen molar-refractivity contribution in [2.24, 2.45) is 0 Å². The Morgan fingerprint density at radius 1 is 0.852 bits per heavy atom. The number of sulfone groups is 1. The molecule has 4 nitrogen and oxygen atoms in total. The van der Waals surface area contributed by atoms with Gasteiger partial charge in [0, 0.05) is 0 Å². The van der Waals surface area contributed by atoms with E-state index in [1.54, 1.807) is 13.8 Å². The average Bonchev–Trinajstić information content (AvgIpc) is 2.65. The van der Waals surface area contributed by atoms with Gasteiger partial charge >= 0.3 is 0 Å². The molecule has 0 aromatic heterocycles. The Kier molecular flexibility index (Phi) is 9.53. The van der Waals surface area contributed by atoms with Gasteiger partial charge in [0.05, 0.1) is 20.8 Å². The molecule has 0 amide bonds. The van der Waals surface area contributed by atoms with Gasteiger partial charge in [0.15, 0.2) is 9.84 Å². The Balaban J connectivity index is 2.59. The molecule has 0 aliphatic rings. The zero-order chi connectivity index (χ0) is 20.3. The maximum atomic E-state index is 13.0. The summed E-state index contributed by atoms with van der Waals surface area (Å²) in [5, 5.41) is 18.1. The van der Waals surface area contributed by atoms with Crippen molar-refractivity contribution in [3.05, 3.63) is 29.3 Å². The third-order valence-corrected chi connectivity index (χ3v) is 7.69. The quantitative estimate of drug-likeness (QED) is 0.417. The van der Waals surface area contributed by atoms with E-state index in [-0.39, 0.29) is 16.0 Å². The fraction of sp³-hybridized carbons (Fsp3) is 0.636. The fourth-order valence-corrected chi connectivity index (χ4v) is 4.77. The number of hydrogen-bond acceptors (Lipinski definition) is 4. The zero-order valence-electron chi connectivity index (χ0n) is 16.9. The van der Waals surface area contributed by atoms with Crippen LogP contribution in [-0.4, -0.2) is 13.2 Å². The molecular formula is C22H32N2O2S. The van der Waals surface area contributed by atoms with Crippen molar-refractivity contribution in [1.29, 1.82) is 10.5 Å². The number of nitrogens with zero attached hydrogens (tertiary/aromatic N) is 2. The van der Waals surface area contributed by atoms with Crippen molar-refractivity contribution in [2.45, 2.75) is 94.6 Å². The molecule has 0 bridgehead atoms. The third kappa shape index (κ3) is 6.67. The summed E-state index contributed by atoms with van der Waals surface area (Å²) in [6.07, 6.45) is 11.3. The minimum Gasteiger partial charge on any atom is -0.223 e. The molecule has 0 N–H and O–H groups in total. The van der Waals surface area contributed by atoms with E-state index in [2.05, 4.69) is 6.92 Å². The number of unbranched alkanes of at least 4 members (excludes halogenated alkanes) is 8. The molecule has 1 aromatic rings. The summed E-state index contributed by atoms with van der Waals surface area (Å²) in [6, 6.07) is 8.00. The molecule has 27 heavy (non-hydrogen) atoms. The van der Waals surface area contributed by atoms with Crippen molar-refractivity contribution in [1.82, 2.24) is 0 Å². The third-order valence-electron chi connectivity index (χ3n) is 5.15. The molecular weight excluding hydrogens is 356 g/mol. The second kappa shape index (κ2) is 11.1. The Bertz CT molecular complexity index is 784. The van der Waals surface area contributed by atoms with Crippen LogP contribution in [0.15, 0.2) is 23.1 Å². The second-order valence-electron chi connectivity index (χ2n) is 7.77. The number of benzene rings is 1. The van der Waals surface area contributed by atoms with Crippen LogP contribution in [0.5, 0.6) is 0 Å². The van der Waals surface area contributed by atoms with Crippen LogP contribution in [0.4, 0.5) is 0 Å². The Hall–Kier alpha value is -1.85. The first-order chi connectivity index (χ1) is 12.8. The minimum atomic E-state index is -3.56. The Morgan fingerprint density at radius 3 is 1.89 bits per heavy atom. The maximum absolute atomic E-state index is 13.0. The molecule has 1 rings (SSSR count). The lowest BCUT2D eigenvalue weighted by molar-refractivity contribution is 0.493. The number of nitriles is 2. The van der Waals surface area contributed by atoms with Crippen molar-refractivity contribution in [3.63, 3.8) is 0 Å². The molecule has 0 spiro atoms. The highest BCUT2D eigenvalue weighted by Gasteiger charge is 2.35. The van der Waals surface area contributed by atoms with Crippen LogP contribution in [0.2, 0.25) is 0 Å². The van der Waals surface area contributed by atoms with Crippen molar-refractivity contribution in [2.75, 3.05) is 0 Å². The van der Waals surface area contributed by atoms with Gasteiger partial charge in [0.2, 0.25) is 0 Å². The van der Waals surface area contributed by atoms with Gasteiger partial charge in [0.25, 0.3) is 0 Å². The predicted molar refractivity (Wildman–Crippen MR) is 109 cm³/mol. The van der Waals surface area contributed by atoms with Crippen LogP contribution in [0.25, 0.3) is 0 Å². The highest BCUT2D eigenvalue weighted by molar-refractivity contribution is 7.92. The van der Waals surface area contributed by atoms with Crippen molar-refractivity contribution in [3.8, 4) is 12.1 Å². The van der Waals surface area contributed by atoms with Crippen LogP contribution in [0, 0.1) is 22.7 Å². The van der Waals surface area contributed by atoms with E-state index >= 15 is 0 Å². The number of hydrogen-bond donors (Lipinski definition) is 0. The van der Waals surface area contributed by atoms with E-state index in [4.69, 9.17) is 10.5 Å². The van der Waals surface area contributed by atoms with E-state index < -0.39 is 14.6 Å². The van der Waals surface area contributed by atoms with E-state index in [1.807, 2.05) is 12.1 Å². The molecule has 0 aliphatic carbocycles. The molecule has 0 radical (unpaired) electrons. The monoisotopic (exact) mass is 388 g/mol. The molecule has 0 saturated heterocycles. The highest BCUT2D eigenvalue weighted by atomic mass is 32.2. The summed E-state index contributed by atoms with van der Waals surface area (Å²) >= 11 is 0. The average molecular weight is 389 g/mol. The normalized spacial score (nSPS) is 11.7. The molecule has 0 fully saturated rings. The first-order valence-corrected chi connectivity index (χ1v) is 11.5.